The van der Waals surface area contributed by atoms with E-state index < -0.39 is 5.97 Å². The summed E-state index contributed by atoms with van der Waals surface area (Å²) in [6.07, 6.45) is 1.77. The van der Waals surface area contributed by atoms with Gasteiger partial charge in [0, 0.05) is 28.7 Å². The maximum absolute atomic E-state index is 10.7. The van der Waals surface area contributed by atoms with Gasteiger partial charge in [-0.25, -0.2) is 4.79 Å². The first-order valence-electron chi connectivity index (χ1n) is 5.02. The van der Waals surface area contributed by atoms with Gasteiger partial charge in [0.25, 0.3) is 0 Å². The number of carboxylic acids is 1. The number of carbonyl (C=O) groups is 1. The van der Waals surface area contributed by atoms with E-state index >= 15 is 0 Å². The van der Waals surface area contributed by atoms with Crippen LogP contribution in [0.15, 0.2) is 41.1 Å². The number of aromatic nitrogens is 2. The monoisotopic (exact) mass is 228 g/mol. The molecule has 3 rings (SSSR count). The molecule has 84 valence electrons. The third-order valence-electron chi connectivity index (χ3n) is 2.58. The number of nitrogens with one attached hydrogen (secondary N) is 1. The Morgan fingerprint density at radius 1 is 1.35 bits per heavy atom. The van der Waals surface area contributed by atoms with E-state index in [-0.39, 0.29) is 5.69 Å². The molecular formula is C12H8N2O3. The number of hydrogen-bond acceptors (Lipinski definition) is 3. The molecule has 2 N–H and O–H groups in total. The molecule has 0 atom stereocenters. The van der Waals surface area contributed by atoms with E-state index in [1.165, 1.54) is 6.07 Å². The van der Waals surface area contributed by atoms with Crippen molar-refractivity contribution in [1.82, 2.24) is 10.1 Å². The Kier molecular flexibility index (Phi) is 1.98. The largest absolute Gasteiger partial charge is 0.476 e. The lowest BCUT2D eigenvalue weighted by Gasteiger charge is -1.91. The highest BCUT2D eigenvalue weighted by molar-refractivity contribution is 5.95. The van der Waals surface area contributed by atoms with Crippen LogP contribution in [0.2, 0.25) is 0 Å². The van der Waals surface area contributed by atoms with Gasteiger partial charge in [-0.3, -0.25) is 0 Å². The van der Waals surface area contributed by atoms with Crippen molar-refractivity contribution in [2.75, 3.05) is 0 Å². The molecule has 0 radical (unpaired) electrons. The van der Waals surface area contributed by atoms with Gasteiger partial charge in [0.05, 0.1) is 0 Å². The van der Waals surface area contributed by atoms with Crippen molar-refractivity contribution in [2.24, 2.45) is 0 Å². The predicted molar refractivity (Wildman–Crippen MR) is 60.8 cm³/mol. The topological polar surface area (TPSA) is 79.1 Å². The molecule has 1 aromatic carbocycles. The van der Waals surface area contributed by atoms with Crippen molar-refractivity contribution in [2.45, 2.75) is 0 Å². The Balaban J connectivity index is 2.17. The summed E-state index contributed by atoms with van der Waals surface area (Å²) >= 11 is 0. The average Bonchev–Trinajstić information content (AvgIpc) is 2.95. The van der Waals surface area contributed by atoms with Crippen LogP contribution in [0, 0.1) is 0 Å². The zero-order valence-corrected chi connectivity index (χ0v) is 8.68. The Hall–Kier alpha value is -2.56. The minimum Gasteiger partial charge on any atom is -0.476 e. The summed E-state index contributed by atoms with van der Waals surface area (Å²) < 4.78 is 5.03. The van der Waals surface area contributed by atoms with Crippen LogP contribution in [0.4, 0.5) is 0 Å². The molecule has 0 fully saturated rings. The van der Waals surface area contributed by atoms with Crippen molar-refractivity contribution in [1.29, 1.82) is 0 Å². The minimum atomic E-state index is -1.10. The lowest BCUT2D eigenvalue weighted by molar-refractivity contribution is 0.0686. The normalized spacial score (nSPS) is 10.8. The van der Waals surface area contributed by atoms with Crippen molar-refractivity contribution >= 4 is 16.9 Å². The number of para-hydroxylation sites is 1. The minimum absolute atomic E-state index is 0.0923. The van der Waals surface area contributed by atoms with Crippen LogP contribution in [0.25, 0.3) is 22.2 Å². The summed E-state index contributed by atoms with van der Waals surface area (Å²) in [5.41, 5.74) is 1.68. The molecule has 0 unspecified atom stereocenters. The second-order valence-electron chi connectivity index (χ2n) is 3.63. The third kappa shape index (κ3) is 1.48. The molecule has 3 aromatic rings. The van der Waals surface area contributed by atoms with Gasteiger partial charge in [0.2, 0.25) is 0 Å². The molecule has 2 aromatic heterocycles. The van der Waals surface area contributed by atoms with E-state index in [9.17, 15) is 4.79 Å². The summed E-state index contributed by atoms with van der Waals surface area (Å²) in [5, 5.41) is 13.2. The molecule has 0 aliphatic rings. The van der Waals surface area contributed by atoms with Crippen LogP contribution in [0.3, 0.4) is 0 Å². The zero-order valence-electron chi connectivity index (χ0n) is 8.68. The fourth-order valence-corrected chi connectivity index (χ4v) is 1.78. The Morgan fingerprint density at radius 2 is 2.18 bits per heavy atom. The molecular weight excluding hydrogens is 220 g/mol. The number of hydrogen-bond donors (Lipinski definition) is 2. The number of rotatable bonds is 2. The van der Waals surface area contributed by atoms with Crippen LogP contribution in [-0.4, -0.2) is 21.2 Å². The molecule has 5 heteroatoms. The van der Waals surface area contributed by atoms with Crippen molar-refractivity contribution in [3.8, 4) is 11.3 Å². The van der Waals surface area contributed by atoms with Gasteiger partial charge in [-0.05, 0) is 6.07 Å². The molecule has 0 saturated heterocycles. The van der Waals surface area contributed by atoms with Crippen molar-refractivity contribution < 1.29 is 14.4 Å². The van der Waals surface area contributed by atoms with Crippen LogP contribution in [0.5, 0.6) is 0 Å². The Bertz CT molecular complexity index is 696. The van der Waals surface area contributed by atoms with Crippen LogP contribution in [0.1, 0.15) is 10.5 Å². The van der Waals surface area contributed by atoms with E-state index in [2.05, 4.69) is 10.1 Å². The lowest BCUT2D eigenvalue weighted by Crippen LogP contribution is -1.94. The van der Waals surface area contributed by atoms with Gasteiger partial charge in [-0.1, -0.05) is 23.4 Å². The molecule has 17 heavy (non-hydrogen) atoms. The van der Waals surface area contributed by atoms with Gasteiger partial charge < -0.3 is 14.6 Å². The molecule has 0 spiro atoms. The standard InChI is InChI=1S/C12H8N2O3/c15-12(16)10-5-11(17-14-10)8-6-13-9-4-2-1-3-7(8)9/h1-6,13H,(H,15,16). The second kappa shape index (κ2) is 3.48. The number of benzene rings is 1. The van der Waals surface area contributed by atoms with Crippen LogP contribution < -0.4 is 0 Å². The quantitative estimate of drug-likeness (QED) is 0.706. The summed E-state index contributed by atoms with van der Waals surface area (Å²) in [5.74, 6) is -0.653. The predicted octanol–water partition coefficient (Wildman–Crippen LogP) is 2.52. The number of nitrogens with zero attached hydrogens (tertiary/aromatic N) is 1. The first-order valence-corrected chi connectivity index (χ1v) is 5.02. The first-order chi connectivity index (χ1) is 8.25. The molecule has 0 bridgehead atoms. The van der Waals surface area contributed by atoms with Crippen molar-refractivity contribution in [3.63, 3.8) is 0 Å². The van der Waals surface area contributed by atoms with Gasteiger partial charge in [0.15, 0.2) is 11.5 Å². The number of fused-ring (bicyclic) bond motifs is 1. The summed E-state index contributed by atoms with van der Waals surface area (Å²) in [4.78, 5) is 13.8. The van der Waals surface area contributed by atoms with E-state index in [4.69, 9.17) is 9.63 Å². The summed E-state index contributed by atoms with van der Waals surface area (Å²) in [6.45, 7) is 0. The zero-order chi connectivity index (χ0) is 11.8. The van der Waals surface area contributed by atoms with Crippen molar-refractivity contribution in [3.05, 3.63) is 42.2 Å². The van der Waals surface area contributed by atoms with Gasteiger partial charge in [-0.2, -0.15) is 0 Å². The maximum atomic E-state index is 10.7. The van der Waals surface area contributed by atoms with E-state index in [0.717, 1.165) is 16.5 Å². The molecule has 2 heterocycles. The third-order valence-corrected chi connectivity index (χ3v) is 2.58. The summed E-state index contributed by atoms with van der Waals surface area (Å²) in [7, 11) is 0. The average molecular weight is 228 g/mol. The van der Waals surface area contributed by atoms with E-state index in [1.807, 2.05) is 24.3 Å². The summed E-state index contributed by atoms with van der Waals surface area (Å²) in [6, 6.07) is 9.12. The fourth-order valence-electron chi connectivity index (χ4n) is 1.78. The maximum Gasteiger partial charge on any atom is 0.358 e. The molecule has 0 saturated carbocycles. The van der Waals surface area contributed by atoms with Crippen LogP contribution in [-0.2, 0) is 0 Å². The smallest absolute Gasteiger partial charge is 0.358 e. The Morgan fingerprint density at radius 3 is 2.94 bits per heavy atom. The van der Waals surface area contributed by atoms with E-state index in [0.29, 0.717) is 5.76 Å². The highest BCUT2D eigenvalue weighted by Gasteiger charge is 2.14. The number of aromatic amines is 1. The fraction of sp³-hybridized carbons (Fsp3) is 0. The molecule has 5 nitrogen and oxygen atoms in total. The first kappa shape index (κ1) is 9.65. The highest BCUT2D eigenvalue weighted by atomic mass is 16.5. The second-order valence-corrected chi connectivity index (χ2v) is 3.63. The van der Waals surface area contributed by atoms with E-state index in [1.54, 1.807) is 6.20 Å². The van der Waals surface area contributed by atoms with Gasteiger partial charge >= 0.3 is 5.97 Å². The van der Waals surface area contributed by atoms with Gasteiger partial charge in [-0.15, -0.1) is 0 Å². The Labute approximate surface area is 95.7 Å². The number of H-pyrrole nitrogens is 1. The molecule has 0 aliphatic carbocycles. The number of carboxylic acid groups (broad SMARTS) is 1. The molecule has 0 amide bonds. The lowest BCUT2D eigenvalue weighted by atomic mass is 10.1. The number of aromatic carboxylic acids is 1. The van der Waals surface area contributed by atoms with Gasteiger partial charge in [0.1, 0.15) is 0 Å². The van der Waals surface area contributed by atoms with Crippen LogP contribution >= 0.6 is 0 Å². The SMILES string of the molecule is O=C(O)c1cc(-c2c[nH]c3ccccc23)on1. The highest BCUT2D eigenvalue weighted by Crippen LogP contribution is 2.28. The molecule has 0 aliphatic heterocycles.